The van der Waals surface area contributed by atoms with Crippen molar-refractivity contribution >= 4 is 11.9 Å². The van der Waals surface area contributed by atoms with Gasteiger partial charge in [0.2, 0.25) is 0 Å². The highest BCUT2D eigenvalue weighted by Gasteiger charge is 2.06. The first-order valence-electron chi connectivity index (χ1n) is 7.73. The maximum atomic E-state index is 11.5. The fraction of sp³-hybridized carbons (Fsp3) is 0.625. The average molecular weight is 295 g/mol. The SMILES string of the molecule is O=C(O)CCCCCCCCCCNC(=O)c1ccco1. The molecule has 1 rings (SSSR count). The molecule has 1 aromatic heterocycles. The lowest BCUT2D eigenvalue weighted by Gasteiger charge is -2.03. The zero-order chi connectivity index (χ0) is 15.3. The summed E-state index contributed by atoms with van der Waals surface area (Å²) in [7, 11) is 0. The number of aliphatic carboxylic acids is 1. The Bertz CT molecular complexity index is 400. The molecule has 118 valence electrons. The number of furan rings is 1. The monoisotopic (exact) mass is 295 g/mol. The Morgan fingerprint density at radius 3 is 2.19 bits per heavy atom. The molecule has 0 aliphatic heterocycles. The lowest BCUT2D eigenvalue weighted by molar-refractivity contribution is -0.137. The van der Waals surface area contributed by atoms with Crippen molar-refractivity contribution in [1.29, 1.82) is 0 Å². The Hall–Kier alpha value is -1.78. The first-order valence-corrected chi connectivity index (χ1v) is 7.73. The largest absolute Gasteiger partial charge is 0.481 e. The molecule has 0 fully saturated rings. The predicted octanol–water partition coefficient (Wildman–Crippen LogP) is 3.60. The summed E-state index contributed by atoms with van der Waals surface area (Å²) >= 11 is 0. The second-order valence-corrected chi connectivity index (χ2v) is 5.21. The first kappa shape index (κ1) is 17.3. The van der Waals surface area contributed by atoms with E-state index >= 15 is 0 Å². The Morgan fingerprint density at radius 1 is 1.00 bits per heavy atom. The van der Waals surface area contributed by atoms with Crippen LogP contribution in [0.2, 0.25) is 0 Å². The van der Waals surface area contributed by atoms with Crippen molar-refractivity contribution in [2.45, 2.75) is 57.8 Å². The summed E-state index contributed by atoms with van der Waals surface area (Å²) in [4.78, 5) is 21.9. The van der Waals surface area contributed by atoms with Crippen LogP contribution in [0.25, 0.3) is 0 Å². The smallest absolute Gasteiger partial charge is 0.303 e. The number of hydrogen-bond donors (Lipinski definition) is 2. The van der Waals surface area contributed by atoms with E-state index in [-0.39, 0.29) is 12.3 Å². The van der Waals surface area contributed by atoms with E-state index in [1.807, 2.05) is 0 Å². The van der Waals surface area contributed by atoms with E-state index in [0.717, 1.165) is 38.5 Å². The number of nitrogens with one attached hydrogen (secondary N) is 1. The highest BCUT2D eigenvalue weighted by atomic mass is 16.4. The fourth-order valence-electron chi connectivity index (χ4n) is 2.16. The molecule has 21 heavy (non-hydrogen) atoms. The molecule has 0 radical (unpaired) electrons. The number of carboxylic acids is 1. The van der Waals surface area contributed by atoms with Gasteiger partial charge in [-0.1, -0.05) is 38.5 Å². The van der Waals surface area contributed by atoms with Crippen molar-refractivity contribution in [3.05, 3.63) is 24.2 Å². The van der Waals surface area contributed by atoms with Gasteiger partial charge in [0, 0.05) is 13.0 Å². The van der Waals surface area contributed by atoms with Gasteiger partial charge in [0.25, 0.3) is 5.91 Å². The minimum Gasteiger partial charge on any atom is -0.481 e. The quantitative estimate of drug-likeness (QED) is 0.577. The third kappa shape index (κ3) is 8.89. The van der Waals surface area contributed by atoms with Crippen LogP contribution in [-0.4, -0.2) is 23.5 Å². The number of hydrogen-bond acceptors (Lipinski definition) is 3. The van der Waals surface area contributed by atoms with Crippen LogP contribution in [-0.2, 0) is 4.79 Å². The third-order valence-corrected chi connectivity index (χ3v) is 3.35. The molecule has 1 heterocycles. The van der Waals surface area contributed by atoms with Gasteiger partial charge in [0.1, 0.15) is 0 Å². The molecule has 0 atom stereocenters. The molecular weight excluding hydrogens is 270 g/mol. The standard InChI is InChI=1S/C16H25NO4/c18-15(19)11-7-5-3-1-2-4-6-8-12-17-16(20)14-10-9-13-21-14/h9-10,13H,1-8,11-12H2,(H,17,20)(H,18,19). The highest BCUT2D eigenvalue weighted by molar-refractivity contribution is 5.91. The van der Waals surface area contributed by atoms with Crippen molar-refractivity contribution < 1.29 is 19.1 Å². The van der Waals surface area contributed by atoms with E-state index < -0.39 is 5.97 Å². The number of carbonyl (C=O) groups excluding carboxylic acids is 1. The normalized spacial score (nSPS) is 10.5. The second kappa shape index (κ2) is 10.9. The van der Waals surface area contributed by atoms with Gasteiger partial charge in [-0.3, -0.25) is 9.59 Å². The van der Waals surface area contributed by atoms with Crippen molar-refractivity contribution in [3.63, 3.8) is 0 Å². The van der Waals surface area contributed by atoms with Gasteiger partial charge in [-0.25, -0.2) is 0 Å². The Balaban J connectivity index is 1.82. The molecule has 0 saturated heterocycles. The van der Waals surface area contributed by atoms with Crippen LogP contribution in [0.3, 0.4) is 0 Å². The molecule has 1 amide bonds. The van der Waals surface area contributed by atoms with Crippen LogP contribution in [0.4, 0.5) is 0 Å². The molecule has 2 N–H and O–H groups in total. The lowest BCUT2D eigenvalue weighted by Crippen LogP contribution is -2.23. The zero-order valence-electron chi connectivity index (χ0n) is 12.5. The van der Waals surface area contributed by atoms with Crippen LogP contribution >= 0.6 is 0 Å². The summed E-state index contributed by atoms with van der Waals surface area (Å²) in [5.41, 5.74) is 0. The van der Waals surface area contributed by atoms with E-state index in [1.165, 1.54) is 19.1 Å². The molecule has 1 aromatic rings. The lowest BCUT2D eigenvalue weighted by atomic mass is 10.1. The Morgan fingerprint density at radius 2 is 1.62 bits per heavy atom. The molecule has 0 spiro atoms. The Labute approximate surface area is 125 Å². The number of carboxylic acid groups (broad SMARTS) is 1. The second-order valence-electron chi connectivity index (χ2n) is 5.21. The van der Waals surface area contributed by atoms with Crippen molar-refractivity contribution in [2.24, 2.45) is 0 Å². The Kier molecular flexibility index (Phi) is 9.00. The van der Waals surface area contributed by atoms with E-state index in [1.54, 1.807) is 12.1 Å². The zero-order valence-corrected chi connectivity index (χ0v) is 12.5. The van der Waals surface area contributed by atoms with Gasteiger partial charge in [-0.15, -0.1) is 0 Å². The van der Waals surface area contributed by atoms with Gasteiger partial charge in [-0.05, 0) is 25.0 Å². The van der Waals surface area contributed by atoms with Crippen LogP contribution in [0, 0.1) is 0 Å². The molecule has 0 aliphatic carbocycles. The van der Waals surface area contributed by atoms with E-state index in [4.69, 9.17) is 9.52 Å². The summed E-state index contributed by atoms with van der Waals surface area (Å²) < 4.78 is 5.00. The first-order chi connectivity index (χ1) is 10.2. The van der Waals surface area contributed by atoms with Crippen LogP contribution < -0.4 is 5.32 Å². The molecule has 5 heteroatoms. The molecule has 0 aromatic carbocycles. The van der Waals surface area contributed by atoms with Gasteiger partial charge in [0.15, 0.2) is 5.76 Å². The number of carbonyl (C=O) groups is 2. The van der Waals surface area contributed by atoms with Crippen LogP contribution in [0.1, 0.15) is 68.3 Å². The fourth-order valence-corrected chi connectivity index (χ4v) is 2.16. The number of rotatable bonds is 12. The summed E-state index contributed by atoms with van der Waals surface area (Å²) in [5, 5.41) is 11.3. The molecular formula is C16H25NO4. The van der Waals surface area contributed by atoms with Gasteiger partial charge >= 0.3 is 5.97 Å². The highest BCUT2D eigenvalue weighted by Crippen LogP contribution is 2.09. The maximum absolute atomic E-state index is 11.5. The number of amides is 1. The van der Waals surface area contributed by atoms with Gasteiger partial charge < -0.3 is 14.8 Å². The number of unbranched alkanes of at least 4 members (excludes halogenated alkanes) is 7. The van der Waals surface area contributed by atoms with Crippen LogP contribution in [0.15, 0.2) is 22.8 Å². The molecule has 0 unspecified atom stereocenters. The molecule has 0 bridgehead atoms. The topological polar surface area (TPSA) is 79.5 Å². The summed E-state index contributed by atoms with van der Waals surface area (Å²) in [6, 6.07) is 3.35. The minimum atomic E-state index is -0.702. The molecule has 0 aliphatic rings. The third-order valence-electron chi connectivity index (χ3n) is 3.35. The van der Waals surface area contributed by atoms with Crippen molar-refractivity contribution in [2.75, 3.05) is 6.54 Å². The van der Waals surface area contributed by atoms with E-state index in [9.17, 15) is 9.59 Å². The maximum Gasteiger partial charge on any atom is 0.303 e. The molecule has 5 nitrogen and oxygen atoms in total. The molecule has 0 saturated carbocycles. The summed E-state index contributed by atoms with van der Waals surface area (Å²) in [5.74, 6) is -0.499. The van der Waals surface area contributed by atoms with Gasteiger partial charge in [0.05, 0.1) is 6.26 Å². The van der Waals surface area contributed by atoms with E-state index in [0.29, 0.717) is 12.3 Å². The minimum absolute atomic E-state index is 0.154. The predicted molar refractivity (Wildman–Crippen MR) is 80.2 cm³/mol. The average Bonchev–Trinajstić information content (AvgIpc) is 2.98. The van der Waals surface area contributed by atoms with Crippen molar-refractivity contribution in [3.8, 4) is 0 Å². The van der Waals surface area contributed by atoms with Gasteiger partial charge in [-0.2, -0.15) is 0 Å². The van der Waals surface area contributed by atoms with E-state index in [2.05, 4.69) is 5.32 Å². The summed E-state index contributed by atoms with van der Waals surface area (Å²) in [6.45, 7) is 0.679. The van der Waals surface area contributed by atoms with Crippen LogP contribution in [0.5, 0.6) is 0 Å². The van der Waals surface area contributed by atoms with Crippen molar-refractivity contribution in [1.82, 2.24) is 5.32 Å². The summed E-state index contributed by atoms with van der Waals surface area (Å²) in [6.07, 6.45) is 10.3.